The number of H-pyrrole nitrogens is 1. The molecule has 0 bridgehead atoms. The quantitative estimate of drug-likeness (QED) is 0.148. The molecule has 1 N–H and O–H groups in total. The van der Waals surface area contributed by atoms with Crippen LogP contribution in [0.15, 0.2) is 258 Å². The minimum atomic E-state index is 0.827. The predicted molar refractivity (Wildman–Crippen MR) is 394 cm³/mol. The van der Waals surface area contributed by atoms with Crippen LogP contribution in [0.5, 0.6) is 23.0 Å². The summed E-state index contributed by atoms with van der Waals surface area (Å²) in [4.78, 5) is 8.02. The van der Waals surface area contributed by atoms with Crippen molar-refractivity contribution in [3.63, 3.8) is 0 Å². The van der Waals surface area contributed by atoms with E-state index in [1.165, 1.54) is 119 Å². The van der Waals surface area contributed by atoms with Crippen molar-refractivity contribution in [2.75, 3.05) is 9.80 Å². The predicted octanol–water partition coefficient (Wildman–Crippen LogP) is 25.2. The van der Waals surface area contributed by atoms with E-state index in [0.29, 0.717) is 0 Å². The highest BCUT2D eigenvalue weighted by atomic mass is 79.9. The summed E-state index contributed by atoms with van der Waals surface area (Å²) in [5, 5.41) is 7.65. The second-order valence-corrected chi connectivity index (χ2v) is 26.2. The van der Waals surface area contributed by atoms with Gasteiger partial charge in [0.15, 0.2) is 23.0 Å². The van der Waals surface area contributed by atoms with Gasteiger partial charge in [0.05, 0.1) is 56.2 Å². The number of aromatic amines is 1. The number of aromatic nitrogens is 3. The number of anilines is 6. The monoisotopic (exact) mass is 1330 g/mol. The van der Waals surface area contributed by atoms with Gasteiger partial charge < -0.3 is 33.4 Å². The molecule has 0 radical (unpaired) electrons. The van der Waals surface area contributed by atoms with Crippen LogP contribution in [0.2, 0.25) is 0 Å². The van der Waals surface area contributed by atoms with Crippen molar-refractivity contribution < 1.29 is 9.47 Å². The molecule has 5 heterocycles. The minimum absolute atomic E-state index is 0.827. The van der Waals surface area contributed by atoms with Crippen LogP contribution in [0, 0.1) is 20.8 Å². The second kappa shape index (κ2) is 24.8. The number of hydrogen-bond donors (Lipinski definition) is 1. The molecule has 3 aromatic heterocycles. The van der Waals surface area contributed by atoms with Crippen LogP contribution >= 0.6 is 31.9 Å². The lowest BCUT2D eigenvalue weighted by Gasteiger charge is -2.33. The highest BCUT2D eigenvalue weighted by Crippen LogP contribution is 2.54. The summed E-state index contributed by atoms with van der Waals surface area (Å²) in [6.45, 7) is 10.9. The average molecular weight is 1330 g/mol. The first-order valence-corrected chi connectivity index (χ1v) is 33.6. The van der Waals surface area contributed by atoms with Gasteiger partial charge in [0.25, 0.3) is 0 Å². The van der Waals surface area contributed by atoms with E-state index in [1.54, 1.807) is 0 Å². The Bertz CT molecular complexity index is 5070. The Morgan fingerprint density at radius 2 is 0.696 bits per heavy atom. The van der Waals surface area contributed by atoms with Crippen LogP contribution in [0.4, 0.5) is 34.1 Å². The molecule has 0 atom stereocenters. The summed E-state index contributed by atoms with van der Waals surface area (Å²) in [5.74, 6) is 3.35. The largest absolute Gasteiger partial charge is 0.453 e. The normalized spacial score (nSPS) is 12.2. The highest BCUT2D eigenvalue weighted by molar-refractivity contribution is 9.10. The molecule has 0 amide bonds. The van der Waals surface area contributed by atoms with E-state index in [0.717, 1.165) is 90.3 Å². The summed E-state index contributed by atoms with van der Waals surface area (Å²) in [7, 11) is 0. The fourth-order valence-electron chi connectivity index (χ4n) is 13.5. The molecule has 92 heavy (non-hydrogen) atoms. The Balaban J connectivity index is 0.000000144. The molecule has 2 aliphatic heterocycles. The summed E-state index contributed by atoms with van der Waals surface area (Å²) >= 11 is 7.09. The summed E-state index contributed by atoms with van der Waals surface area (Å²) in [6.07, 6.45) is 7.05. The van der Waals surface area contributed by atoms with Gasteiger partial charge in [-0.3, -0.25) is 0 Å². The van der Waals surface area contributed by atoms with Crippen molar-refractivity contribution in [3.05, 3.63) is 285 Å². The number of fused-ring (bicyclic) bond motifs is 13. The fraction of sp³-hybridized carbons (Fsp3) is 0.133. The first-order chi connectivity index (χ1) is 45.0. The van der Waals surface area contributed by atoms with E-state index in [1.807, 2.05) is 12.1 Å². The number of benzene rings is 12. The molecule has 17 rings (SSSR count). The first kappa shape index (κ1) is 58.6. The molecule has 0 aliphatic carbocycles. The van der Waals surface area contributed by atoms with Gasteiger partial charge in [0.2, 0.25) is 0 Å². The van der Waals surface area contributed by atoms with Gasteiger partial charge in [-0.25, -0.2) is 0 Å². The van der Waals surface area contributed by atoms with Crippen molar-refractivity contribution >= 4 is 131 Å². The molecule has 0 saturated carbocycles. The SMILES string of the molecule is CCCCc1ccc(N2c3ccc(-n4c5ccccc5c5cc(C)ccc54)cc3Oc3cc(-n4c5ccccc5c5cc(C)ccc54)ccc32)cc1.CCCCc1ccc(N2c3ccc(Br)cc3Oc3cc(Br)ccc32)cc1.Cc1ccc2[nH]c3ccccc3c2c1. The van der Waals surface area contributed by atoms with Crippen molar-refractivity contribution in [1.82, 2.24) is 14.1 Å². The zero-order chi connectivity index (χ0) is 62.6. The van der Waals surface area contributed by atoms with Crippen LogP contribution in [-0.2, 0) is 12.8 Å². The van der Waals surface area contributed by atoms with Crippen LogP contribution in [0.1, 0.15) is 67.3 Å². The maximum atomic E-state index is 7.00. The lowest BCUT2D eigenvalue weighted by Crippen LogP contribution is -2.16. The fourth-order valence-corrected chi connectivity index (χ4v) is 14.1. The molecule has 7 nitrogen and oxygen atoms in total. The third-order valence-electron chi connectivity index (χ3n) is 18.0. The number of nitrogens with one attached hydrogen (secondary N) is 1. The lowest BCUT2D eigenvalue weighted by atomic mass is 10.1. The van der Waals surface area contributed by atoms with E-state index in [9.17, 15) is 0 Å². The van der Waals surface area contributed by atoms with Crippen molar-refractivity contribution in [1.29, 1.82) is 0 Å². The maximum absolute atomic E-state index is 7.00. The Hall–Kier alpha value is -9.80. The molecule has 15 aromatic rings. The van der Waals surface area contributed by atoms with Crippen molar-refractivity contribution in [3.8, 4) is 34.4 Å². The molecule has 0 saturated heterocycles. The number of para-hydroxylation sites is 3. The summed E-state index contributed by atoms with van der Waals surface area (Å²) in [6, 6.07) is 89.4. The third kappa shape index (κ3) is 11.0. The maximum Gasteiger partial charge on any atom is 0.153 e. The smallest absolute Gasteiger partial charge is 0.153 e. The van der Waals surface area contributed by atoms with Crippen LogP contribution < -0.4 is 19.3 Å². The van der Waals surface area contributed by atoms with E-state index < -0.39 is 0 Å². The molecule has 12 aromatic carbocycles. The number of nitrogens with zero attached hydrogens (tertiary/aromatic N) is 4. The van der Waals surface area contributed by atoms with Gasteiger partial charge in [0.1, 0.15) is 0 Å². The van der Waals surface area contributed by atoms with E-state index in [4.69, 9.17) is 9.47 Å². The van der Waals surface area contributed by atoms with Gasteiger partial charge in [-0.15, -0.1) is 0 Å². The van der Waals surface area contributed by atoms with Gasteiger partial charge in [-0.2, -0.15) is 0 Å². The Morgan fingerprint density at radius 3 is 1.16 bits per heavy atom. The number of aryl methyl sites for hydroxylation is 5. The minimum Gasteiger partial charge on any atom is -0.453 e. The lowest BCUT2D eigenvalue weighted by molar-refractivity contribution is 0.476. The molecule has 0 fully saturated rings. The van der Waals surface area contributed by atoms with Crippen LogP contribution in [-0.4, -0.2) is 14.1 Å². The summed E-state index contributed by atoms with van der Waals surface area (Å²) in [5.41, 5.74) is 22.3. The number of rotatable bonds is 10. The van der Waals surface area contributed by atoms with Crippen LogP contribution in [0.3, 0.4) is 0 Å². The van der Waals surface area contributed by atoms with E-state index in [-0.39, 0.29) is 0 Å². The van der Waals surface area contributed by atoms with Crippen molar-refractivity contribution in [2.45, 2.75) is 73.1 Å². The molecule has 2 aliphatic rings. The molecule has 9 heteroatoms. The molecular formula is C83H69Br2N5O2. The number of hydrogen-bond acceptors (Lipinski definition) is 4. The Morgan fingerprint density at radius 1 is 0.326 bits per heavy atom. The number of halogens is 2. The van der Waals surface area contributed by atoms with Crippen LogP contribution in [0.25, 0.3) is 76.8 Å². The van der Waals surface area contributed by atoms with E-state index in [2.05, 4.69) is 327 Å². The average Bonchev–Trinajstić information content (AvgIpc) is 1.23. The standard InChI is InChI=1S/C48H39N3O.C22H19Br2NO.C13H11N/c1-4-5-10-33-17-19-34(20-18-33)49-45-25-21-35(50-41-13-8-6-11-37(41)39-27-31(2)15-23-43(39)50)29-47(45)52-48-30-36(22-26-46(48)49)51-42-14-9-7-12-38(42)40-28-32(3)16-24-44(40)51;1-2-3-4-15-5-9-18(10-6-15)25-19-11-7-16(23)13-21(19)26-22-14-17(24)8-12-20(22)25;1-9-6-7-13-11(8-9)10-4-2-3-5-12(10)14-13/h6-9,11-30H,4-5,10H2,1-3H3;5-14H,2-4H2,1H3;2-8,14H,1H3. The van der Waals surface area contributed by atoms with E-state index >= 15 is 0 Å². The zero-order valence-corrected chi connectivity index (χ0v) is 55.4. The van der Waals surface area contributed by atoms with Gasteiger partial charge >= 0.3 is 0 Å². The number of unbranched alkanes of at least 4 members (excludes halogenated alkanes) is 2. The molecule has 452 valence electrons. The molecule has 0 unspecified atom stereocenters. The molecule has 0 spiro atoms. The topological polar surface area (TPSA) is 50.6 Å². The first-order valence-electron chi connectivity index (χ1n) is 32.0. The van der Waals surface area contributed by atoms with Gasteiger partial charge in [-0.05, 0) is 197 Å². The summed E-state index contributed by atoms with van der Waals surface area (Å²) < 4.78 is 19.9. The Labute approximate surface area is 554 Å². The third-order valence-corrected chi connectivity index (χ3v) is 19.0. The van der Waals surface area contributed by atoms with Crippen molar-refractivity contribution in [2.24, 2.45) is 0 Å². The number of ether oxygens (including phenoxy) is 2. The van der Waals surface area contributed by atoms with Gasteiger partial charge in [0, 0.05) is 75.8 Å². The zero-order valence-electron chi connectivity index (χ0n) is 52.3. The highest BCUT2D eigenvalue weighted by Gasteiger charge is 2.30. The molecular weight excluding hydrogens is 1260 g/mol. The second-order valence-electron chi connectivity index (χ2n) is 24.4. The van der Waals surface area contributed by atoms with Gasteiger partial charge in [-0.1, -0.05) is 172 Å². The Kier molecular flexibility index (Phi) is 15.8.